The molecule has 2 nitrogen and oxygen atoms in total. The summed E-state index contributed by atoms with van der Waals surface area (Å²) in [4.78, 5) is 4.34. The first kappa shape index (κ1) is 8.20. The van der Waals surface area contributed by atoms with Gasteiger partial charge in [-0.25, -0.2) is 0 Å². The van der Waals surface area contributed by atoms with Crippen molar-refractivity contribution < 1.29 is 0 Å². The predicted octanol–water partition coefficient (Wildman–Crippen LogP) is 1.91. The molecule has 2 atom stereocenters. The minimum Gasteiger partial charge on any atom is -0.330 e. The van der Waals surface area contributed by atoms with Gasteiger partial charge in [0, 0.05) is 22.3 Å². The fraction of sp³-hybridized carbons (Fsp3) is 0.444. The first-order valence-corrected chi connectivity index (χ1v) is 4.92. The van der Waals surface area contributed by atoms with Crippen molar-refractivity contribution in [3.8, 4) is 0 Å². The summed E-state index contributed by atoms with van der Waals surface area (Å²) in [6, 6.07) is 4.11. The lowest BCUT2D eigenvalue weighted by Crippen LogP contribution is -2.02. The first-order valence-electron chi connectivity index (χ1n) is 4.13. The zero-order valence-corrected chi connectivity index (χ0v) is 8.29. The van der Waals surface area contributed by atoms with E-state index in [0.29, 0.717) is 11.8 Å². The van der Waals surface area contributed by atoms with E-state index in [1.54, 1.807) is 0 Å². The van der Waals surface area contributed by atoms with Crippen LogP contribution < -0.4 is 5.73 Å². The number of nitrogens with zero attached hydrogens (tertiary/aromatic N) is 1. The van der Waals surface area contributed by atoms with E-state index in [-0.39, 0.29) is 0 Å². The Kier molecular flexibility index (Phi) is 2.15. The largest absolute Gasteiger partial charge is 0.330 e. The Labute approximate surface area is 80.3 Å². The van der Waals surface area contributed by atoms with Gasteiger partial charge in [0.25, 0.3) is 0 Å². The number of hydrogen-bond acceptors (Lipinski definition) is 2. The van der Waals surface area contributed by atoms with Crippen LogP contribution in [-0.2, 0) is 0 Å². The summed E-state index contributed by atoms with van der Waals surface area (Å²) in [6.07, 6.45) is 3.06. The third-order valence-corrected chi connectivity index (χ3v) is 2.82. The van der Waals surface area contributed by atoms with Crippen LogP contribution in [0.3, 0.4) is 0 Å². The number of hydrogen-bond donors (Lipinski definition) is 1. The van der Waals surface area contributed by atoms with Gasteiger partial charge < -0.3 is 5.73 Å². The van der Waals surface area contributed by atoms with Gasteiger partial charge >= 0.3 is 0 Å². The van der Waals surface area contributed by atoms with E-state index in [0.717, 1.165) is 11.0 Å². The van der Waals surface area contributed by atoms with Gasteiger partial charge in [-0.05, 0) is 46.9 Å². The molecule has 3 heteroatoms. The predicted molar refractivity (Wildman–Crippen MR) is 51.8 cm³/mol. The molecule has 1 aromatic rings. The monoisotopic (exact) mass is 226 g/mol. The molecule has 12 heavy (non-hydrogen) atoms. The number of aromatic nitrogens is 1. The van der Waals surface area contributed by atoms with E-state index >= 15 is 0 Å². The van der Waals surface area contributed by atoms with Crippen LogP contribution in [0.25, 0.3) is 0 Å². The minimum atomic E-state index is 0.628. The Bertz CT molecular complexity index is 270. The highest BCUT2D eigenvalue weighted by molar-refractivity contribution is 9.10. The maximum atomic E-state index is 5.55. The average molecular weight is 227 g/mol. The molecule has 1 aliphatic carbocycles. The molecule has 0 radical (unpaired) electrons. The maximum absolute atomic E-state index is 5.55. The number of rotatable bonds is 2. The highest BCUT2D eigenvalue weighted by Crippen LogP contribution is 2.45. The van der Waals surface area contributed by atoms with Crippen molar-refractivity contribution in [1.29, 1.82) is 0 Å². The van der Waals surface area contributed by atoms with Gasteiger partial charge in [-0.1, -0.05) is 0 Å². The molecule has 2 rings (SSSR count). The number of nitrogens with two attached hydrogens (primary N) is 1. The zero-order valence-electron chi connectivity index (χ0n) is 6.70. The molecular formula is C9H11BrN2. The molecule has 2 N–H and O–H groups in total. The Morgan fingerprint density at radius 1 is 1.58 bits per heavy atom. The Morgan fingerprint density at radius 2 is 2.42 bits per heavy atom. The molecule has 1 heterocycles. The Balaban J connectivity index is 2.10. The standard InChI is InChI=1S/C9H11BrN2/c10-7-1-2-9(12-5-7)8-3-6(8)4-11/h1-2,5-6,8H,3-4,11H2. The molecule has 0 saturated heterocycles. The van der Waals surface area contributed by atoms with E-state index in [4.69, 9.17) is 5.73 Å². The van der Waals surface area contributed by atoms with E-state index in [9.17, 15) is 0 Å². The van der Waals surface area contributed by atoms with Crippen molar-refractivity contribution in [3.05, 3.63) is 28.5 Å². The van der Waals surface area contributed by atoms with Gasteiger partial charge in [-0.15, -0.1) is 0 Å². The third kappa shape index (κ3) is 1.52. The second-order valence-corrected chi connectivity index (χ2v) is 4.15. The molecule has 0 aliphatic heterocycles. The summed E-state index contributed by atoms with van der Waals surface area (Å²) in [5.41, 5.74) is 6.74. The summed E-state index contributed by atoms with van der Waals surface area (Å²) in [6.45, 7) is 0.794. The lowest BCUT2D eigenvalue weighted by Gasteiger charge is -1.97. The van der Waals surface area contributed by atoms with Crippen molar-refractivity contribution in [2.24, 2.45) is 11.7 Å². The second-order valence-electron chi connectivity index (χ2n) is 3.24. The summed E-state index contributed by atoms with van der Waals surface area (Å²) in [5, 5.41) is 0. The molecule has 1 aliphatic rings. The van der Waals surface area contributed by atoms with E-state index in [1.165, 1.54) is 12.1 Å². The molecule has 0 spiro atoms. The van der Waals surface area contributed by atoms with Crippen molar-refractivity contribution in [1.82, 2.24) is 4.98 Å². The van der Waals surface area contributed by atoms with E-state index < -0.39 is 0 Å². The fourth-order valence-electron chi connectivity index (χ4n) is 1.48. The molecule has 1 aromatic heterocycles. The smallest absolute Gasteiger partial charge is 0.0438 e. The lowest BCUT2D eigenvalue weighted by molar-refractivity contribution is 0.797. The zero-order chi connectivity index (χ0) is 8.55. The van der Waals surface area contributed by atoms with E-state index in [2.05, 4.69) is 27.0 Å². The molecular weight excluding hydrogens is 216 g/mol. The first-order chi connectivity index (χ1) is 5.81. The number of halogens is 1. The molecule has 0 amide bonds. The minimum absolute atomic E-state index is 0.628. The summed E-state index contributed by atoms with van der Waals surface area (Å²) < 4.78 is 1.04. The van der Waals surface area contributed by atoms with Crippen LogP contribution in [-0.4, -0.2) is 11.5 Å². The molecule has 1 saturated carbocycles. The lowest BCUT2D eigenvalue weighted by atomic mass is 10.2. The van der Waals surface area contributed by atoms with Crippen molar-refractivity contribution in [2.75, 3.05) is 6.54 Å². The topological polar surface area (TPSA) is 38.9 Å². The van der Waals surface area contributed by atoms with Crippen LogP contribution in [0.5, 0.6) is 0 Å². The summed E-state index contributed by atoms with van der Waals surface area (Å²) in [5.74, 6) is 1.31. The average Bonchev–Trinajstić information content (AvgIpc) is 2.85. The van der Waals surface area contributed by atoms with Gasteiger partial charge in [0.15, 0.2) is 0 Å². The van der Waals surface area contributed by atoms with Crippen molar-refractivity contribution in [2.45, 2.75) is 12.3 Å². The van der Waals surface area contributed by atoms with Crippen LogP contribution in [0.2, 0.25) is 0 Å². The SMILES string of the molecule is NCC1CC1c1ccc(Br)cn1. The van der Waals surface area contributed by atoms with Crippen molar-refractivity contribution in [3.63, 3.8) is 0 Å². The highest BCUT2D eigenvalue weighted by Gasteiger charge is 2.37. The van der Waals surface area contributed by atoms with Crippen molar-refractivity contribution >= 4 is 15.9 Å². The van der Waals surface area contributed by atoms with Crippen LogP contribution in [0, 0.1) is 5.92 Å². The molecule has 64 valence electrons. The third-order valence-electron chi connectivity index (χ3n) is 2.36. The Morgan fingerprint density at radius 3 is 2.92 bits per heavy atom. The molecule has 1 fully saturated rings. The summed E-state index contributed by atoms with van der Waals surface area (Å²) >= 11 is 3.36. The maximum Gasteiger partial charge on any atom is 0.0438 e. The van der Waals surface area contributed by atoms with Gasteiger partial charge in [0.1, 0.15) is 0 Å². The quantitative estimate of drug-likeness (QED) is 0.838. The van der Waals surface area contributed by atoms with Gasteiger partial charge in [0.05, 0.1) is 0 Å². The van der Waals surface area contributed by atoms with E-state index in [1.807, 2.05) is 12.3 Å². The van der Waals surface area contributed by atoms with Gasteiger partial charge in [-0.2, -0.15) is 0 Å². The Hall–Kier alpha value is -0.410. The van der Waals surface area contributed by atoms with Gasteiger partial charge in [-0.3, -0.25) is 4.98 Å². The molecule has 2 unspecified atom stereocenters. The van der Waals surface area contributed by atoms with Crippen LogP contribution in [0.15, 0.2) is 22.8 Å². The fourth-order valence-corrected chi connectivity index (χ4v) is 1.71. The molecule has 0 bridgehead atoms. The highest BCUT2D eigenvalue weighted by atomic mass is 79.9. The normalized spacial score (nSPS) is 27.2. The summed E-state index contributed by atoms with van der Waals surface area (Å²) in [7, 11) is 0. The second kappa shape index (κ2) is 3.15. The van der Waals surface area contributed by atoms with Gasteiger partial charge in [0.2, 0.25) is 0 Å². The van der Waals surface area contributed by atoms with Crippen LogP contribution in [0.1, 0.15) is 18.0 Å². The number of pyridine rings is 1. The van der Waals surface area contributed by atoms with Crippen LogP contribution in [0.4, 0.5) is 0 Å². The molecule has 0 aromatic carbocycles. The van der Waals surface area contributed by atoms with Crippen LogP contribution >= 0.6 is 15.9 Å².